The number of imidazole rings is 1. The Hall–Kier alpha value is -2.31. The molecule has 130 valence electrons. The molecule has 0 saturated carbocycles. The number of morpholine rings is 1. The highest BCUT2D eigenvalue weighted by atomic mass is 19.1. The van der Waals surface area contributed by atoms with Crippen LogP contribution in [0.1, 0.15) is 6.42 Å². The van der Waals surface area contributed by atoms with E-state index in [0.717, 1.165) is 57.0 Å². The number of benzene rings is 1. The third kappa shape index (κ3) is 3.55. The van der Waals surface area contributed by atoms with Crippen molar-refractivity contribution in [2.45, 2.75) is 13.0 Å². The Balaban J connectivity index is 1.50. The van der Waals surface area contributed by atoms with Crippen LogP contribution in [0.4, 0.5) is 4.39 Å². The number of ether oxygens (including phenoxy) is 1. The molecule has 1 saturated heterocycles. The Morgan fingerprint density at radius 1 is 1.08 bits per heavy atom. The maximum atomic E-state index is 14.0. The molecule has 1 aliphatic rings. The molecule has 0 aliphatic carbocycles. The van der Waals surface area contributed by atoms with E-state index in [-0.39, 0.29) is 5.82 Å². The maximum absolute atomic E-state index is 14.0. The largest absolute Gasteiger partial charge is 0.379 e. The molecule has 3 aromatic rings. The zero-order valence-corrected chi connectivity index (χ0v) is 14.1. The highest BCUT2D eigenvalue weighted by Gasteiger charge is 2.12. The van der Waals surface area contributed by atoms with Crippen LogP contribution < -0.4 is 0 Å². The highest BCUT2D eigenvalue weighted by Crippen LogP contribution is 2.21. The number of halogens is 1. The van der Waals surface area contributed by atoms with Crippen LogP contribution in [0.15, 0.2) is 42.7 Å². The van der Waals surface area contributed by atoms with Gasteiger partial charge in [-0.3, -0.25) is 4.90 Å². The van der Waals surface area contributed by atoms with E-state index in [0.29, 0.717) is 11.2 Å². The second-order valence-electron chi connectivity index (χ2n) is 6.26. The molecule has 0 bridgehead atoms. The fraction of sp³-hybridized carbons (Fsp3) is 0.368. The lowest BCUT2D eigenvalue weighted by molar-refractivity contribution is 0.0369. The van der Waals surface area contributed by atoms with Crippen molar-refractivity contribution in [2.24, 2.45) is 0 Å². The van der Waals surface area contributed by atoms with Crippen LogP contribution in [0.3, 0.4) is 0 Å². The molecule has 2 aromatic heterocycles. The molecule has 0 N–H and O–H groups in total. The van der Waals surface area contributed by atoms with Crippen LogP contribution in [0.25, 0.3) is 22.4 Å². The van der Waals surface area contributed by atoms with E-state index >= 15 is 0 Å². The Labute approximate surface area is 146 Å². The molecule has 0 radical (unpaired) electrons. The van der Waals surface area contributed by atoms with Crippen molar-refractivity contribution in [3.63, 3.8) is 0 Å². The van der Waals surface area contributed by atoms with Crippen LogP contribution in [-0.4, -0.2) is 52.3 Å². The molecule has 1 aliphatic heterocycles. The third-order valence-corrected chi connectivity index (χ3v) is 4.59. The van der Waals surface area contributed by atoms with E-state index in [2.05, 4.69) is 19.4 Å². The lowest BCUT2D eigenvalue weighted by atomic mass is 10.2. The standard InChI is InChI=1S/C19H21FN4O/c20-16-4-1-3-15-5-6-17(22-18(15)16)19-21-7-10-24(19)9-2-8-23-11-13-25-14-12-23/h1,3-7,10H,2,8-9,11-14H2. The second kappa shape index (κ2) is 7.29. The smallest absolute Gasteiger partial charge is 0.158 e. The molecule has 4 rings (SSSR count). The molecule has 0 unspecified atom stereocenters. The topological polar surface area (TPSA) is 43.2 Å². The summed E-state index contributed by atoms with van der Waals surface area (Å²) in [5.74, 6) is 0.483. The van der Waals surface area contributed by atoms with E-state index in [9.17, 15) is 4.39 Å². The van der Waals surface area contributed by atoms with Crippen molar-refractivity contribution in [3.8, 4) is 11.5 Å². The first-order chi connectivity index (χ1) is 12.3. The summed E-state index contributed by atoms with van der Waals surface area (Å²) in [6, 6.07) is 8.81. The number of nitrogens with zero attached hydrogens (tertiary/aromatic N) is 4. The van der Waals surface area contributed by atoms with E-state index in [1.807, 2.05) is 24.4 Å². The van der Waals surface area contributed by atoms with Gasteiger partial charge in [0.2, 0.25) is 0 Å². The fourth-order valence-corrected chi connectivity index (χ4v) is 3.25. The molecular weight excluding hydrogens is 319 g/mol. The molecule has 25 heavy (non-hydrogen) atoms. The lowest BCUT2D eigenvalue weighted by Gasteiger charge is -2.26. The highest BCUT2D eigenvalue weighted by molar-refractivity contribution is 5.81. The summed E-state index contributed by atoms with van der Waals surface area (Å²) in [7, 11) is 0. The second-order valence-corrected chi connectivity index (χ2v) is 6.26. The van der Waals surface area contributed by atoms with Gasteiger partial charge in [0, 0.05) is 44.0 Å². The van der Waals surface area contributed by atoms with Crippen LogP contribution in [0, 0.1) is 5.82 Å². The molecule has 0 amide bonds. The predicted octanol–water partition coefficient (Wildman–Crippen LogP) is 2.96. The number of pyridine rings is 1. The summed E-state index contributed by atoms with van der Waals surface area (Å²) in [5, 5.41) is 0.800. The average Bonchev–Trinajstić information content (AvgIpc) is 3.11. The summed E-state index contributed by atoms with van der Waals surface area (Å²) in [5.41, 5.74) is 1.09. The van der Waals surface area contributed by atoms with Gasteiger partial charge in [0.05, 0.1) is 13.2 Å². The Kier molecular flexibility index (Phi) is 4.72. The van der Waals surface area contributed by atoms with Gasteiger partial charge >= 0.3 is 0 Å². The molecular formula is C19H21FN4O. The van der Waals surface area contributed by atoms with Gasteiger partial charge in [-0.25, -0.2) is 14.4 Å². The minimum atomic E-state index is -0.301. The molecule has 1 aromatic carbocycles. The normalized spacial score (nSPS) is 15.7. The number of rotatable bonds is 5. The zero-order chi connectivity index (χ0) is 17.1. The Morgan fingerprint density at radius 3 is 2.84 bits per heavy atom. The van der Waals surface area contributed by atoms with Gasteiger partial charge in [-0.15, -0.1) is 0 Å². The van der Waals surface area contributed by atoms with E-state index in [4.69, 9.17) is 4.74 Å². The van der Waals surface area contributed by atoms with E-state index in [1.165, 1.54) is 6.07 Å². The van der Waals surface area contributed by atoms with Crippen LogP contribution in [-0.2, 0) is 11.3 Å². The van der Waals surface area contributed by atoms with Crippen molar-refractivity contribution in [3.05, 3.63) is 48.5 Å². The van der Waals surface area contributed by atoms with Gasteiger partial charge in [0.15, 0.2) is 5.82 Å². The summed E-state index contributed by atoms with van der Waals surface area (Å²) in [6.07, 6.45) is 4.77. The van der Waals surface area contributed by atoms with Crippen molar-refractivity contribution >= 4 is 10.9 Å². The van der Waals surface area contributed by atoms with Gasteiger partial charge in [0.1, 0.15) is 17.0 Å². The summed E-state index contributed by atoms with van der Waals surface area (Å²) < 4.78 is 21.5. The van der Waals surface area contributed by atoms with Crippen LogP contribution in [0.2, 0.25) is 0 Å². The van der Waals surface area contributed by atoms with Gasteiger partial charge < -0.3 is 9.30 Å². The molecule has 5 nitrogen and oxygen atoms in total. The van der Waals surface area contributed by atoms with Gasteiger partial charge in [-0.2, -0.15) is 0 Å². The predicted molar refractivity (Wildman–Crippen MR) is 94.8 cm³/mol. The van der Waals surface area contributed by atoms with Crippen molar-refractivity contribution < 1.29 is 9.13 Å². The number of hydrogen-bond donors (Lipinski definition) is 0. The SMILES string of the molecule is Fc1cccc2ccc(-c3nccn3CCCN3CCOCC3)nc12. The first-order valence-electron chi connectivity index (χ1n) is 8.68. The maximum Gasteiger partial charge on any atom is 0.158 e. The van der Waals surface area contributed by atoms with Crippen molar-refractivity contribution in [1.29, 1.82) is 0 Å². The molecule has 0 spiro atoms. The van der Waals surface area contributed by atoms with Crippen molar-refractivity contribution in [2.75, 3.05) is 32.8 Å². The molecule has 1 fully saturated rings. The minimum Gasteiger partial charge on any atom is -0.379 e. The first kappa shape index (κ1) is 16.2. The van der Waals surface area contributed by atoms with E-state index < -0.39 is 0 Å². The number of fused-ring (bicyclic) bond motifs is 1. The summed E-state index contributed by atoms with van der Waals surface area (Å²) >= 11 is 0. The quantitative estimate of drug-likeness (QED) is 0.716. The number of hydrogen-bond acceptors (Lipinski definition) is 4. The lowest BCUT2D eigenvalue weighted by Crippen LogP contribution is -2.37. The average molecular weight is 340 g/mol. The number of aryl methyl sites for hydroxylation is 1. The Morgan fingerprint density at radius 2 is 1.96 bits per heavy atom. The Bertz CT molecular complexity index is 858. The third-order valence-electron chi connectivity index (χ3n) is 4.59. The number of para-hydroxylation sites is 1. The van der Waals surface area contributed by atoms with E-state index in [1.54, 1.807) is 12.3 Å². The van der Waals surface area contributed by atoms with Gasteiger partial charge in [0.25, 0.3) is 0 Å². The summed E-state index contributed by atoms with van der Waals surface area (Å²) in [6.45, 7) is 5.56. The number of aromatic nitrogens is 3. The van der Waals surface area contributed by atoms with Crippen LogP contribution >= 0.6 is 0 Å². The minimum absolute atomic E-state index is 0.301. The van der Waals surface area contributed by atoms with Crippen LogP contribution in [0.5, 0.6) is 0 Å². The molecule has 6 heteroatoms. The van der Waals surface area contributed by atoms with Gasteiger partial charge in [-0.05, 0) is 18.6 Å². The first-order valence-corrected chi connectivity index (χ1v) is 8.68. The fourth-order valence-electron chi connectivity index (χ4n) is 3.25. The summed E-state index contributed by atoms with van der Waals surface area (Å²) in [4.78, 5) is 11.3. The molecule has 3 heterocycles. The zero-order valence-electron chi connectivity index (χ0n) is 14.1. The monoisotopic (exact) mass is 340 g/mol. The molecule has 0 atom stereocenters. The van der Waals surface area contributed by atoms with Crippen molar-refractivity contribution in [1.82, 2.24) is 19.4 Å². The van der Waals surface area contributed by atoms with Gasteiger partial charge in [-0.1, -0.05) is 18.2 Å².